The van der Waals surface area contributed by atoms with Crippen molar-refractivity contribution in [2.24, 2.45) is 0 Å². The summed E-state index contributed by atoms with van der Waals surface area (Å²) in [5.41, 5.74) is 3.09. The smallest absolute Gasteiger partial charge is 0.132 e. The minimum Gasteiger partial charge on any atom is -0.490 e. The maximum Gasteiger partial charge on any atom is 0.132 e. The number of ether oxygens (including phenoxy) is 1. The Morgan fingerprint density at radius 1 is 1.39 bits per heavy atom. The Morgan fingerprint density at radius 3 is 3.00 bits per heavy atom. The fourth-order valence-corrected chi connectivity index (χ4v) is 2.03. The number of H-pyrrole nitrogens is 1. The number of aromatic amines is 1. The van der Waals surface area contributed by atoms with Gasteiger partial charge in [0.15, 0.2) is 0 Å². The van der Waals surface area contributed by atoms with E-state index in [4.69, 9.17) is 17.0 Å². The van der Waals surface area contributed by atoms with E-state index in [1.807, 2.05) is 31.2 Å². The molecule has 2 aromatic rings. The van der Waals surface area contributed by atoms with E-state index in [0.717, 1.165) is 22.6 Å². The fraction of sp³-hybridized carbons (Fsp3) is 0.286. The van der Waals surface area contributed by atoms with Crippen LogP contribution in [0.2, 0.25) is 0 Å². The zero-order valence-electron chi connectivity index (χ0n) is 10.1. The molecule has 0 amide bonds. The highest BCUT2D eigenvalue weighted by molar-refractivity contribution is 7.71. The lowest BCUT2D eigenvalue weighted by Gasteiger charge is -2.09. The molecule has 0 atom stereocenters. The van der Waals surface area contributed by atoms with Gasteiger partial charge in [-0.15, -0.1) is 0 Å². The van der Waals surface area contributed by atoms with Gasteiger partial charge in [-0.05, 0) is 31.9 Å². The Balaban J connectivity index is 1.99. The third-order valence-electron chi connectivity index (χ3n) is 3.04. The van der Waals surface area contributed by atoms with Crippen molar-refractivity contribution in [2.45, 2.75) is 25.9 Å². The summed E-state index contributed by atoms with van der Waals surface area (Å²) < 4.78 is 6.44. The molecular weight excluding hydrogens is 244 g/mol. The maximum atomic E-state index is 5.80. The molecule has 1 aliphatic carbocycles. The van der Waals surface area contributed by atoms with Gasteiger partial charge >= 0.3 is 0 Å². The minimum absolute atomic E-state index is 0.414. The van der Waals surface area contributed by atoms with Crippen molar-refractivity contribution in [1.29, 1.82) is 0 Å². The molecule has 1 aromatic heterocycles. The summed E-state index contributed by atoms with van der Waals surface area (Å²) in [7, 11) is 0. The molecule has 1 aliphatic rings. The molecule has 1 fully saturated rings. The van der Waals surface area contributed by atoms with Gasteiger partial charge in [0.25, 0.3) is 0 Å². The SMILES string of the molecule is Cc1c(-c2cccc(OC3CC3)c2)[nH]cnc1=S. The molecular formula is C14H14N2OS. The molecule has 92 valence electrons. The largest absolute Gasteiger partial charge is 0.490 e. The second kappa shape index (κ2) is 4.53. The van der Waals surface area contributed by atoms with Crippen LogP contribution in [-0.2, 0) is 0 Å². The number of aromatic nitrogens is 2. The predicted octanol–water partition coefficient (Wildman–Crippen LogP) is 3.66. The lowest BCUT2D eigenvalue weighted by atomic mass is 10.1. The van der Waals surface area contributed by atoms with Crippen LogP contribution in [0.15, 0.2) is 30.6 Å². The molecule has 1 N–H and O–H groups in total. The lowest BCUT2D eigenvalue weighted by Crippen LogP contribution is -1.96. The Bertz CT molecular complexity index is 632. The quantitative estimate of drug-likeness (QED) is 0.854. The van der Waals surface area contributed by atoms with Crippen LogP contribution in [0.1, 0.15) is 18.4 Å². The van der Waals surface area contributed by atoms with E-state index in [-0.39, 0.29) is 0 Å². The minimum atomic E-state index is 0.414. The topological polar surface area (TPSA) is 37.9 Å². The van der Waals surface area contributed by atoms with E-state index in [0.29, 0.717) is 10.7 Å². The van der Waals surface area contributed by atoms with Crippen molar-refractivity contribution in [2.75, 3.05) is 0 Å². The van der Waals surface area contributed by atoms with Gasteiger partial charge in [0.2, 0.25) is 0 Å². The molecule has 0 bridgehead atoms. The predicted molar refractivity (Wildman–Crippen MR) is 73.2 cm³/mol. The summed E-state index contributed by atoms with van der Waals surface area (Å²) in [5, 5.41) is 0. The van der Waals surface area contributed by atoms with Crippen molar-refractivity contribution in [3.8, 4) is 17.0 Å². The van der Waals surface area contributed by atoms with E-state index in [2.05, 4.69) is 9.97 Å². The van der Waals surface area contributed by atoms with Crippen LogP contribution < -0.4 is 4.74 Å². The molecule has 18 heavy (non-hydrogen) atoms. The monoisotopic (exact) mass is 258 g/mol. The molecule has 1 heterocycles. The van der Waals surface area contributed by atoms with Crippen molar-refractivity contribution >= 4 is 12.2 Å². The van der Waals surface area contributed by atoms with Gasteiger partial charge in [-0.1, -0.05) is 24.4 Å². The standard InChI is InChI=1S/C14H14N2OS/c1-9-13(15-8-16-14(9)18)10-3-2-4-12(7-10)17-11-5-6-11/h2-4,7-8,11H,5-6H2,1H3,(H,15,16,18). The Kier molecular flexibility index (Phi) is 2.88. The average Bonchev–Trinajstić information content (AvgIpc) is 3.17. The number of nitrogens with one attached hydrogen (secondary N) is 1. The highest BCUT2D eigenvalue weighted by atomic mass is 32.1. The van der Waals surface area contributed by atoms with Gasteiger partial charge in [-0.3, -0.25) is 0 Å². The first-order chi connectivity index (χ1) is 8.74. The summed E-state index contributed by atoms with van der Waals surface area (Å²) in [6.07, 6.45) is 4.39. The second-order valence-corrected chi connectivity index (χ2v) is 4.94. The van der Waals surface area contributed by atoms with Gasteiger partial charge in [0, 0.05) is 11.1 Å². The lowest BCUT2D eigenvalue weighted by molar-refractivity contribution is 0.303. The molecule has 0 aliphatic heterocycles. The summed E-state index contributed by atoms with van der Waals surface area (Å²) in [5.74, 6) is 0.922. The van der Waals surface area contributed by atoms with Crippen LogP contribution in [0, 0.1) is 11.6 Å². The Hall–Kier alpha value is -1.68. The van der Waals surface area contributed by atoms with Crippen LogP contribution in [-0.4, -0.2) is 16.1 Å². The summed E-state index contributed by atoms with van der Waals surface area (Å²) in [6.45, 7) is 1.98. The molecule has 4 heteroatoms. The van der Waals surface area contributed by atoms with Gasteiger partial charge in [0.05, 0.1) is 18.1 Å². The van der Waals surface area contributed by atoms with E-state index >= 15 is 0 Å². The van der Waals surface area contributed by atoms with Crippen molar-refractivity contribution in [3.63, 3.8) is 0 Å². The van der Waals surface area contributed by atoms with Crippen LogP contribution in [0.3, 0.4) is 0 Å². The zero-order valence-corrected chi connectivity index (χ0v) is 11.0. The van der Waals surface area contributed by atoms with Crippen LogP contribution in [0.25, 0.3) is 11.3 Å². The van der Waals surface area contributed by atoms with E-state index in [1.54, 1.807) is 6.33 Å². The van der Waals surface area contributed by atoms with E-state index < -0.39 is 0 Å². The first kappa shape index (κ1) is 11.4. The molecule has 0 saturated heterocycles. The molecule has 0 unspecified atom stereocenters. The van der Waals surface area contributed by atoms with Crippen molar-refractivity contribution in [3.05, 3.63) is 40.8 Å². The molecule has 3 rings (SSSR count). The Labute approximate surface area is 111 Å². The highest BCUT2D eigenvalue weighted by Gasteiger charge is 2.23. The average molecular weight is 258 g/mol. The number of benzene rings is 1. The van der Waals surface area contributed by atoms with Crippen LogP contribution in [0.4, 0.5) is 0 Å². The fourth-order valence-electron chi connectivity index (χ4n) is 1.87. The molecule has 0 radical (unpaired) electrons. The number of rotatable bonds is 3. The van der Waals surface area contributed by atoms with Crippen LogP contribution in [0.5, 0.6) is 5.75 Å². The van der Waals surface area contributed by atoms with E-state index in [9.17, 15) is 0 Å². The van der Waals surface area contributed by atoms with Gasteiger partial charge in [0.1, 0.15) is 10.4 Å². The number of hydrogen-bond acceptors (Lipinski definition) is 3. The summed E-state index contributed by atoms with van der Waals surface area (Å²) in [4.78, 5) is 7.23. The van der Waals surface area contributed by atoms with E-state index in [1.165, 1.54) is 12.8 Å². The first-order valence-electron chi connectivity index (χ1n) is 6.05. The highest BCUT2D eigenvalue weighted by Crippen LogP contribution is 2.30. The maximum absolute atomic E-state index is 5.80. The van der Waals surface area contributed by atoms with Gasteiger partial charge in [-0.25, -0.2) is 4.98 Å². The second-order valence-electron chi connectivity index (χ2n) is 4.55. The van der Waals surface area contributed by atoms with Gasteiger partial charge in [-0.2, -0.15) is 0 Å². The third kappa shape index (κ3) is 2.29. The van der Waals surface area contributed by atoms with Gasteiger partial charge < -0.3 is 9.72 Å². The van der Waals surface area contributed by atoms with Crippen molar-refractivity contribution in [1.82, 2.24) is 9.97 Å². The number of hydrogen-bond donors (Lipinski definition) is 1. The molecule has 1 aromatic carbocycles. The summed E-state index contributed by atoms with van der Waals surface area (Å²) in [6, 6.07) is 8.09. The molecule has 0 spiro atoms. The normalized spacial score (nSPS) is 14.5. The molecule has 1 saturated carbocycles. The third-order valence-corrected chi connectivity index (χ3v) is 3.45. The summed E-state index contributed by atoms with van der Waals surface area (Å²) >= 11 is 5.19. The molecule has 3 nitrogen and oxygen atoms in total. The number of nitrogens with zero attached hydrogens (tertiary/aromatic N) is 1. The first-order valence-corrected chi connectivity index (χ1v) is 6.46. The van der Waals surface area contributed by atoms with Crippen molar-refractivity contribution < 1.29 is 4.74 Å². The zero-order chi connectivity index (χ0) is 12.5. The Morgan fingerprint density at radius 2 is 2.22 bits per heavy atom. The van der Waals surface area contributed by atoms with Crippen LogP contribution >= 0.6 is 12.2 Å².